The summed E-state index contributed by atoms with van der Waals surface area (Å²) < 4.78 is 1.95. The molecule has 8 heteroatoms. The fraction of sp³-hybridized carbons (Fsp3) is 0.227. The maximum absolute atomic E-state index is 13.0. The monoisotopic (exact) mass is 444 g/mol. The molecule has 0 unspecified atom stereocenters. The van der Waals surface area contributed by atoms with E-state index in [1.54, 1.807) is 42.9 Å². The van der Waals surface area contributed by atoms with Gasteiger partial charge in [-0.25, -0.2) is 4.98 Å². The predicted molar refractivity (Wildman–Crippen MR) is 119 cm³/mol. The lowest BCUT2D eigenvalue weighted by Gasteiger charge is -2.22. The molecule has 156 valence electrons. The zero-order chi connectivity index (χ0) is 21.5. The summed E-state index contributed by atoms with van der Waals surface area (Å²) in [5.74, 6) is -0.531. The summed E-state index contributed by atoms with van der Waals surface area (Å²) in [5.41, 5.74) is 2.01. The first-order valence-electron chi connectivity index (χ1n) is 9.55. The molecule has 1 aromatic heterocycles. The van der Waals surface area contributed by atoms with Gasteiger partial charge in [0.1, 0.15) is 6.54 Å². The number of aromatic nitrogens is 2. The normalized spacial score (nSPS) is 10.6. The van der Waals surface area contributed by atoms with Gasteiger partial charge in [-0.05, 0) is 42.3 Å². The number of hydrogen-bond acceptors (Lipinski definition) is 3. The van der Waals surface area contributed by atoms with Crippen LogP contribution in [0.25, 0.3) is 0 Å². The van der Waals surface area contributed by atoms with E-state index in [0.717, 1.165) is 12.0 Å². The molecule has 2 aromatic carbocycles. The highest BCUT2D eigenvalue weighted by atomic mass is 35.5. The van der Waals surface area contributed by atoms with E-state index in [0.29, 0.717) is 34.4 Å². The molecule has 6 nitrogen and oxygen atoms in total. The van der Waals surface area contributed by atoms with Crippen molar-refractivity contribution >= 4 is 40.7 Å². The fourth-order valence-corrected chi connectivity index (χ4v) is 3.34. The summed E-state index contributed by atoms with van der Waals surface area (Å²) in [6.45, 7) is 3.02. The highest BCUT2D eigenvalue weighted by molar-refractivity contribution is 6.35. The molecule has 1 N–H and O–H groups in total. The van der Waals surface area contributed by atoms with Gasteiger partial charge in [-0.1, -0.05) is 42.3 Å². The Morgan fingerprint density at radius 3 is 2.57 bits per heavy atom. The van der Waals surface area contributed by atoms with Gasteiger partial charge in [0.2, 0.25) is 5.91 Å². The molecular formula is C22H22Cl2N4O2. The van der Waals surface area contributed by atoms with Crippen molar-refractivity contribution in [3.05, 3.63) is 82.4 Å². The Labute approximate surface area is 185 Å². The van der Waals surface area contributed by atoms with Crippen LogP contribution in [-0.4, -0.2) is 39.4 Å². The van der Waals surface area contributed by atoms with Crippen LogP contribution >= 0.6 is 23.2 Å². The van der Waals surface area contributed by atoms with Crippen LogP contribution in [0.3, 0.4) is 0 Å². The molecule has 0 aliphatic heterocycles. The van der Waals surface area contributed by atoms with Crippen LogP contribution in [0.1, 0.15) is 29.3 Å². The summed E-state index contributed by atoms with van der Waals surface area (Å²) in [4.78, 5) is 31.0. The van der Waals surface area contributed by atoms with Crippen molar-refractivity contribution < 1.29 is 9.59 Å². The summed E-state index contributed by atoms with van der Waals surface area (Å²) in [6.07, 6.45) is 6.08. The molecule has 3 aromatic rings. The van der Waals surface area contributed by atoms with Crippen LogP contribution in [-0.2, 0) is 11.3 Å². The first-order chi connectivity index (χ1) is 14.5. The lowest BCUT2D eigenvalue weighted by molar-refractivity contribution is -0.116. The smallest absolute Gasteiger partial charge is 0.254 e. The van der Waals surface area contributed by atoms with Crippen molar-refractivity contribution in [3.63, 3.8) is 0 Å². The van der Waals surface area contributed by atoms with E-state index in [4.69, 9.17) is 23.2 Å². The Bertz CT molecular complexity index is 1000. The third-order valence-electron chi connectivity index (χ3n) is 4.44. The molecule has 0 aliphatic rings. The molecule has 0 spiro atoms. The molecule has 30 heavy (non-hydrogen) atoms. The third kappa shape index (κ3) is 5.84. The third-order valence-corrected chi connectivity index (χ3v) is 5.01. The Kier molecular flexibility index (Phi) is 7.49. The lowest BCUT2D eigenvalue weighted by Crippen LogP contribution is -2.38. The number of benzene rings is 2. The van der Waals surface area contributed by atoms with Crippen LogP contribution < -0.4 is 5.32 Å². The number of amides is 2. The van der Waals surface area contributed by atoms with E-state index in [1.807, 2.05) is 29.8 Å². The van der Waals surface area contributed by atoms with Gasteiger partial charge in [0.15, 0.2) is 0 Å². The molecule has 0 fully saturated rings. The van der Waals surface area contributed by atoms with E-state index in [1.165, 1.54) is 4.90 Å². The van der Waals surface area contributed by atoms with Crippen LogP contribution in [0.2, 0.25) is 10.0 Å². The SMILES string of the molecule is CCCN(CC(=O)Nc1cc(Cl)ccc1Cl)C(=O)c1ccc(Cn2ccnc2)cc1. The van der Waals surface area contributed by atoms with Crippen molar-refractivity contribution in [1.82, 2.24) is 14.5 Å². The van der Waals surface area contributed by atoms with Gasteiger partial charge in [0.05, 0.1) is 17.0 Å². The molecule has 2 amide bonds. The van der Waals surface area contributed by atoms with Crippen LogP contribution in [0.5, 0.6) is 0 Å². The average Bonchev–Trinajstić information content (AvgIpc) is 3.23. The van der Waals surface area contributed by atoms with Gasteiger partial charge in [-0.2, -0.15) is 0 Å². The molecule has 0 radical (unpaired) electrons. The van der Waals surface area contributed by atoms with Gasteiger partial charge in [0, 0.05) is 36.1 Å². The molecular weight excluding hydrogens is 423 g/mol. The van der Waals surface area contributed by atoms with Crippen molar-refractivity contribution in [3.8, 4) is 0 Å². The molecule has 0 saturated carbocycles. The second-order valence-electron chi connectivity index (χ2n) is 6.83. The Hall–Kier alpha value is -2.83. The number of carbonyl (C=O) groups excluding carboxylic acids is 2. The molecule has 0 aliphatic carbocycles. The van der Waals surface area contributed by atoms with Crippen LogP contribution in [0.4, 0.5) is 5.69 Å². The molecule has 0 bridgehead atoms. The number of nitrogens with one attached hydrogen (secondary N) is 1. The highest BCUT2D eigenvalue weighted by Crippen LogP contribution is 2.25. The van der Waals surface area contributed by atoms with E-state index < -0.39 is 0 Å². The van der Waals surface area contributed by atoms with Gasteiger partial charge in [0.25, 0.3) is 5.91 Å². The van der Waals surface area contributed by atoms with Crippen molar-refractivity contribution in [2.45, 2.75) is 19.9 Å². The number of nitrogens with zero attached hydrogens (tertiary/aromatic N) is 3. The largest absolute Gasteiger partial charge is 0.333 e. The first kappa shape index (κ1) is 21.9. The summed E-state index contributed by atoms with van der Waals surface area (Å²) in [5, 5.41) is 3.57. The molecule has 3 rings (SSSR count). The zero-order valence-electron chi connectivity index (χ0n) is 16.5. The summed E-state index contributed by atoms with van der Waals surface area (Å²) in [7, 11) is 0. The Balaban J connectivity index is 1.66. The number of carbonyl (C=O) groups is 2. The highest BCUT2D eigenvalue weighted by Gasteiger charge is 2.19. The quantitative estimate of drug-likeness (QED) is 0.545. The number of imidazole rings is 1. The maximum Gasteiger partial charge on any atom is 0.254 e. The predicted octanol–water partition coefficient (Wildman–Crippen LogP) is 4.73. The topological polar surface area (TPSA) is 67.2 Å². The minimum atomic E-state index is -0.335. The van der Waals surface area contributed by atoms with Gasteiger partial charge < -0.3 is 14.8 Å². The number of rotatable bonds is 8. The van der Waals surface area contributed by atoms with Gasteiger partial charge in [-0.15, -0.1) is 0 Å². The van der Waals surface area contributed by atoms with Crippen LogP contribution in [0, 0.1) is 0 Å². The molecule has 0 saturated heterocycles. The second-order valence-corrected chi connectivity index (χ2v) is 7.67. The maximum atomic E-state index is 13.0. The zero-order valence-corrected chi connectivity index (χ0v) is 18.0. The number of anilines is 1. The van der Waals surface area contributed by atoms with Crippen LogP contribution in [0.15, 0.2) is 61.2 Å². The van der Waals surface area contributed by atoms with E-state index in [9.17, 15) is 9.59 Å². The Morgan fingerprint density at radius 2 is 1.90 bits per heavy atom. The summed E-state index contributed by atoms with van der Waals surface area (Å²) in [6, 6.07) is 12.2. The van der Waals surface area contributed by atoms with Crippen molar-refractivity contribution in [2.24, 2.45) is 0 Å². The minimum Gasteiger partial charge on any atom is -0.333 e. The van der Waals surface area contributed by atoms with Crippen molar-refractivity contribution in [1.29, 1.82) is 0 Å². The van der Waals surface area contributed by atoms with E-state index in [2.05, 4.69) is 10.3 Å². The Morgan fingerprint density at radius 1 is 1.13 bits per heavy atom. The minimum absolute atomic E-state index is 0.0771. The second kappa shape index (κ2) is 10.3. The average molecular weight is 445 g/mol. The van der Waals surface area contributed by atoms with Gasteiger partial charge in [-0.3, -0.25) is 9.59 Å². The van der Waals surface area contributed by atoms with Crippen molar-refractivity contribution in [2.75, 3.05) is 18.4 Å². The number of halogens is 2. The number of hydrogen-bond donors (Lipinski definition) is 1. The lowest BCUT2D eigenvalue weighted by atomic mass is 10.1. The van der Waals surface area contributed by atoms with E-state index in [-0.39, 0.29) is 18.4 Å². The fourth-order valence-electron chi connectivity index (χ4n) is 3.01. The first-order valence-corrected chi connectivity index (χ1v) is 10.3. The summed E-state index contributed by atoms with van der Waals surface area (Å²) >= 11 is 12.1. The molecule has 0 atom stereocenters. The molecule has 1 heterocycles. The van der Waals surface area contributed by atoms with E-state index >= 15 is 0 Å². The van der Waals surface area contributed by atoms with Gasteiger partial charge >= 0.3 is 0 Å². The standard InChI is InChI=1S/C22H22Cl2N4O2/c1-2-10-28(14-21(29)26-20-12-18(23)7-8-19(20)24)22(30)17-5-3-16(4-6-17)13-27-11-9-25-15-27/h3-9,11-12,15H,2,10,13-14H2,1H3,(H,26,29).